The third-order valence-corrected chi connectivity index (χ3v) is 21.4. The van der Waals surface area contributed by atoms with Crippen molar-refractivity contribution in [1.82, 2.24) is 0 Å². The molecule has 0 radical (unpaired) electrons. The molecule has 0 aromatic carbocycles. The van der Waals surface area contributed by atoms with Gasteiger partial charge < -0.3 is 52.1 Å². The number of carbonyl (C=O) groups is 3. The lowest BCUT2D eigenvalue weighted by Crippen LogP contribution is -2.37. The van der Waals surface area contributed by atoms with Gasteiger partial charge in [0.15, 0.2) is 0 Å². The van der Waals surface area contributed by atoms with Gasteiger partial charge in [-0.2, -0.15) is 57.5 Å². The van der Waals surface area contributed by atoms with Crippen LogP contribution in [0, 0.1) is 0 Å². The van der Waals surface area contributed by atoms with Crippen molar-refractivity contribution in [3.63, 3.8) is 0 Å². The first kappa shape index (κ1) is 109. The number of allylic oxidation sites excluding steroid dienone is 18. The van der Waals surface area contributed by atoms with Crippen LogP contribution in [0.4, 0.5) is 0 Å². The van der Waals surface area contributed by atoms with Gasteiger partial charge in [0.05, 0.1) is 106 Å². The fourth-order valence-electron chi connectivity index (χ4n) is 15.1. The molecule has 9 rings (SSSR count). The number of rotatable bonds is 12. The fourth-order valence-corrected chi connectivity index (χ4v) is 15.1. The smallest absolute Gasteiger partial charge is 0.373 e. The maximum absolute atomic E-state index is 12.9. The van der Waals surface area contributed by atoms with Crippen molar-refractivity contribution in [2.24, 2.45) is 0 Å². The first-order chi connectivity index (χ1) is 58.1. The maximum atomic E-state index is 12.9. The Kier molecular flexibility index (Phi) is 65.5. The molecule has 0 spiro atoms. The number of cyclic esters (lactones) is 3. The van der Waals surface area contributed by atoms with Gasteiger partial charge in [-0.3, -0.25) is 14.4 Å². The van der Waals surface area contributed by atoms with Crippen LogP contribution in [0.2, 0.25) is 0 Å². The number of esters is 3. The van der Waals surface area contributed by atoms with Crippen LogP contribution in [-0.4, -0.2) is 173 Å². The van der Waals surface area contributed by atoms with E-state index in [0.717, 1.165) is 154 Å². The van der Waals surface area contributed by atoms with Crippen LogP contribution in [0.25, 0.3) is 0 Å². The molecule has 9 saturated heterocycles. The molecule has 15 atom stereocenters. The minimum atomic E-state index is -0.405. The van der Waals surface area contributed by atoms with Crippen molar-refractivity contribution in [3.05, 3.63) is 143 Å². The third kappa shape index (κ3) is 54.5. The number of carbonyl (C=O) groups excluding carboxylic acids is 15. The molecule has 15 unspecified atom stereocenters. The van der Waals surface area contributed by atoms with Gasteiger partial charge in [-0.25, -0.2) is 0 Å². The minimum absolute atomic E-state index is 0.101. The normalized spacial score (nSPS) is 29.3. The number of ether oxygens (including phenoxy) is 11. The zero-order valence-corrected chi connectivity index (χ0v) is 72.3. The molecule has 9 fully saturated rings. The Morgan fingerprint density at radius 2 is 0.575 bits per heavy atom. The standard InChI is InChI=1S/C30H46O4.2C29H44O5.6CO2/c1-4-23(3)13-8-6-9-15-26-16-11-7-10-14-25-17-12-18-27(32-25)21-28-19-24(5-2)20-29(33-28)22-30(31)34-26;1-4-22(3)11-7-6-8-12-26-21-31-16-10-15-24-13-9-14-25(32-24)19-27-17-23(5-2)18-28(33-27)20-29(30)34-26;1-4-22(3)10-7-6-8-11-25-15-17-31-16-14-24-12-9-13-26(32-24)20-27-18-23(5-2)19-28(33-27)21-29(30)34-25;6*2-1-3/h5-6,8-9,13,15,25-29H,4,7,10-12,14,16-22H2,1-3H3;5-8,11-12,24-28H,4,9-10,13-21H2,1-3H3;5-8,10-11,24-28H,4,9,12-21H2,1-3H3;;;;;;/b8-6-,15-9+,23-13+,24-5-;7-6-,12-8+,22-11+,23-5-;7-6-,11-8+,22-10+,23-5-;;;;;;. The van der Waals surface area contributed by atoms with E-state index in [1.165, 1.54) is 65.5 Å². The maximum Gasteiger partial charge on any atom is 0.373 e. The van der Waals surface area contributed by atoms with Crippen LogP contribution in [-0.2, 0) is 124 Å². The molecule has 26 nitrogen and oxygen atoms in total. The van der Waals surface area contributed by atoms with Crippen molar-refractivity contribution in [2.45, 2.75) is 366 Å². The van der Waals surface area contributed by atoms with Crippen LogP contribution < -0.4 is 0 Å². The average molecular weight is 1680 g/mol. The molecular weight excluding hydrogens is 1550 g/mol. The monoisotopic (exact) mass is 1680 g/mol. The Morgan fingerprint density at radius 3 is 0.933 bits per heavy atom. The Labute approximate surface area is 710 Å². The molecule has 0 N–H and O–H groups in total. The quantitative estimate of drug-likeness (QED) is 0.0758. The van der Waals surface area contributed by atoms with Crippen LogP contribution in [0.15, 0.2) is 143 Å². The minimum Gasteiger partial charge on any atom is -0.458 e. The lowest BCUT2D eigenvalue weighted by Gasteiger charge is -2.36. The first-order valence-electron chi connectivity index (χ1n) is 42.7. The predicted octanol–water partition coefficient (Wildman–Crippen LogP) is 16.8. The average Bonchev–Trinajstić information content (AvgIpc) is 0.855. The van der Waals surface area contributed by atoms with Crippen molar-refractivity contribution >= 4 is 54.8 Å². The Balaban J connectivity index is 0.000000815. The van der Waals surface area contributed by atoms with Crippen molar-refractivity contribution in [1.29, 1.82) is 0 Å². The van der Waals surface area contributed by atoms with E-state index in [1.807, 2.05) is 66.8 Å². The molecule has 12 bridgehead atoms. The van der Waals surface area contributed by atoms with Crippen molar-refractivity contribution < 1.29 is 124 Å². The van der Waals surface area contributed by atoms with Gasteiger partial charge in [0.2, 0.25) is 0 Å². The second-order valence-electron chi connectivity index (χ2n) is 30.5. The van der Waals surface area contributed by atoms with E-state index in [-0.39, 0.29) is 135 Å². The second-order valence-corrected chi connectivity index (χ2v) is 30.5. The van der Waals surface area contributed by atoms with Gasteiger partial charge in [-0.1, -0.05) is 158 Å². The van der Waals surface area contributed by atoms with Gasteiger partial charge in [-0.05, 0) is 214 Å². The van der Waals surface area contributed by atoms with E-state index in [1.54, 1.807) is 0 Å². The van der Waals surface area contributed by atoms with E-state index < -0.39 is 6.10 Å². The zero-order valence-electron chi connectivity index (χ0n) is 72.3. The first-order valence-corrected chi connectivity index (χ1v) is 42.7. The summed E-state index contributed by atoms with van der Waals surface area (Å²) in [5.41, 5.74) is 8.12. The molecule has 120 heavy (non-hydrogen) atoms. The molecule has 9 heterocycles. The molecule has 0 aliphatic carbocycles. The highest BCUT2D eigenvalue weighted by Crippen LogP contribution is 2.37. The summed E-state index contributed by atoms with van der Waals surface area (Å²) in [6, 6.07) is 0. The predicted molar refractivity (Wildman–Crippen MR) is 440 cm³/mol. The summed E-state index contributed by atoms with van der Waals surface area (Å²) in [7, 11) is 0. The summed E-state index contributed by atoms with van der Waals surface area (Å²) >= 11 is 0. The molecule has 0 aromatic rings. The Bertz CT molecular complexity index is 3080. The molecule has 26 heteroatoms. The highest BCUT2D eigenvalue weighted by Gasteiger charge is 2.36. The molecule has 666 valence electrons. The van der Waals surface area contributed by atoms with E-state index in [9.17, 15) is 14.4 Å². The lowest BCUT2D eigenvalue weighted by atomic mass is 9.90. The summed E-state index contributed by atoms with van der Waals surface area (Å²) in [5, 5.41) is 0. The molecule has 0 saturated carbocycles. The molecule has 0 aromatic heterocycles. The van der Waals surface area contributed by atoms with Gasteiger partial charge in [0, 0.05) is 38.9 Å². The Morgan fingerprint density at radius 1 is 0.292 bits per heavy atom. The van der Waals surface area contributed by atoms with Crippen molar-refractivity contribution in [2.75, 3.05) is 26.4 Å². The van der Waals surface area contributed by atoms with Crippen LogP contribution in [0.1, 0.15) is 274 Å². The number of fused-ring (bicyclic) bond motifs is 12. The van der Waals surface area contributed by atoms with Gasteiger partial charge in [-0.15, -0.1) is 0 Å². The van der Waals surface area contributed by atoms with Crippen LogP contribution in [0.5, 0.6) is 0 Å². The molecule has 9 aliphatic rings. The summed E-state index contributed by atoms with van der Waals surface area (Å²) in [5.74, 6) is -0.587. The Hall–Kier alpha value is -8.75. The summed E-state index contributed by atoms with van der Waals surface area (Å²) in [4.78, 5) is 136. The van der Waals surface area contributed by atoms with E-state index in [0.29, 0.717) is 57.6 Å². The SMILES string of the molecule is C/C=C1\CC2CC(=O)OC(/C=C/C=C\C=C(/C)CC)CCCCCC3CCCC(CC(C1)O2)O3.C/C=C1\CC2CC(=O)OC(/C=C/C=C\C=C(/C)CC)CCOCCC3CCCC(CC(C1)O2)O3.C/C=C1\CC2CC(=O)OC(/C=C/C=C\C=C(/C)CC)COCCCC3CCCC(CC(C1)O2)O3.O=C=O.O=C=O.O=C=O.O=C=O.O=C=O.O=C=O. The third-order valence-electron chi connectivity index (χ3n) is 21.4. The number of hydrogen-bond acceptors (Lipinski definition) is 26. The van der Waals surface area contributed by atoms with Crippen LogP contribution >= 0.6 is 0 Å². The summed E-state index contributed by atoms with van der Waals surface area (Å²) in [6.45, 7) is 21.3. The highest BCUT2D eigenvalue weighted by atomic mass is 16.6. The van der Waals surface area contributed by atoms with Gasteiger partial charge in [0.25, 0.3) is 0 Å². The number of hydrogen-bond donors (Lipinski definition) is 0. The van der Waals surface area contributed by atoms with Gasteiger partial charge >= 0.3 is 54.8 Å². The lowest BCUT2D eigenvalue weighted by molar-refractivity contribution is -0.193. The molecule has 0 amide bonds. The summed E-state index contributed by atoms with van der Waals surface area (Å²) in [6.07, 6.45) is 70.3. The topological polar surface area (TPSA) is 358 Å². The van der Waals surface area contributed by atoms with E-state index in [4.69, 9.17) is 110 Å². The van der Waals surface area contributed by atoms with E-state index in [2.05, 4.69) is 105 Å². The van der Waals surface area contributed by atoms with Crippen molar-refractivity contribution in [3.8, 4) is 0 Å². The fraction of sp³-hybridized carbons (Fsp3) is 0.649. The molecular formula is C94H134O26. The zero-order chi connectivity index (χ0) is 88.8. The molecule has 9 aliphatic heterocycles. The van der Waals surface area contributed by atoms with Gasteiger partial charge in [0.1, 0.15) is 18.3 Å². The van der Waals surface area contributed by atoms with Crippen LogP contribution in [0.3, 0.4) is 0 Å². The largest absolute Gasteiger partial charge is 0.458 e. The summed E-state index contributed by atoms with van der Waals surface area (Å²) < 4.78 is 67.9. The highest BCUT2D eigenvalue weighted by molar-refractivity contribution is 5.71. The van der Waals surface area contributed by atoms with E-state index >= 15 is 0 Å². The second kappa shape index (κ2) is 71.9.